The topological polar surface area (TPSA) is 75.6 Å². The Labute approximate surface area is 99.4 Å². The molecule has 0 saturated heterocycles. The van der Waals surface area contributed by atoms with E-state index in [1.165, 1.54) is 19.2 Å². The number of ether oxygens (including phenoxy) is 1. The van der Waals surface area contributed by atoms with E-state index in [9.17, 15) is 9.59 Å². The van der Waals surface area contributed by atoms with Gasteiger partial charge < -0.3 is 15.2 Å². The molecule has 0 saturated carbocycles. The molecule has 0 spiro atoms. The quantitative estimate of drug-likeness (QED) is 0.759. The maximum Gasteiger partial charge on any atom is 0.313 e. The van der Waals surface area contributed by atoms with Crippen LogP contribution < -0.4 is 5.32 Å². The van der Waals surface area contributed by atoms with E-state index in [2.05, 4.69) is 5.32 Å². The van der Waals surface area contributed by atoms with Gasteiger partial charge >= 0.3 is 5.97 Å². The first-order chi connectivity index (χ1) is 8.04. The minimum atomic E-state index is -0.473. The molecule has 0 radical (unpaired) electrons. The van der Waals surface area contributed by atoms with Crippen molar-refractivity contribution in [3.05, 3.63) is 29.8 Å². The van der Waals surface area contributed by atoms with Crippen LogP contribution in [0.4, 0.5) is 0 Å². The molecule has 5 heteroatoms. The molecular formula is C12H15NO4. The van der Waals surface area contributed by atoms with Gasteiger partial charge in [0.2, 0.25) is 0 Å². The Kier molecular flexibility index (Phi) is 4.51. The van der Waals surface area contributed by atoms with E-state index >= 15 is 0 Å². The summed E-state index contributed by atoms with van der Waals surface area (Å²) in [6, 6.07) is 6.28. The third kappa shape index (κ3) is 3.79. The fourth-order valence-corrected chi connectivity index (χ4v) is 1.23. The Morgan fingerprint density at radius 3 is 2.47 bits per heavy atom. The SMILES string of the molecule is CNC(=O)COC(=O)[C@@H](C)c1ccc(O)cc1. The van der Waals surface area contributed by atoms with Gasteiger partial charge in [0.1, 0.15) is 5.75 Å². The molecule has 1 rings (SSSR count). The van der Waals surface area contributed by atoms with Gasteiger partial charge in [-0.3, -0.25) is 9.59 Å². The van der Waals surface area contributed by atoms with Crippen LogP contribution in [0, 0.1) is 0 Å². The van der Waals surface area contributed by atoms with E-state index in [4.69, 9.17) is 9.84 Å². The molecule has 0 heterocycles. The highest BCUT2D eigenvalue weighted by molar-refractivity contribution is 5.83. The highest BCUT2D eigenvalue weighted by atomic mass is 16.5. The van der Waals surface area contributed by atoms with Crippen molar-refractivity contribution in [3.8, 4) is 5.75 Å². The lowest BCUT2D eigenvalue weighted by molar-refractivity contribution is -0.149. The number of phenols is 1. The summed E-state index contributed by atoms with van der Waals surface area (Å²) >= 11 is 0. The van der Waals surface area contributed by atoms with Gasteiger partial charge in [-0.2, -0.15) is 0 Å². The minimum Gasteiger partial charge on any atom is -0.508 e. The molecule has 92 valence electrons. The number of carbonyl (C=O) groups is 2. The highest BCUT2D eigenvalue weighted by Crippen LogP contribution is 2.19. The van der Waals surface area contributed by atoms with E-state index in [1.807, 2.05) is 0 Å². The van der Waals surface area contributed by atoms with Crippen LogP contribution >= 0.6 is 0 Å². The van der Waals surface area contributed by atoms with Crippen molar-refractivity contribution in [1.82, 2.24) is 5.32 Å². The lowest BCUT2D eigenvalue weighted by Crippen LogP contribution is -2.26. The molecule has 0 aliphatic rings. The van der Waals surface area contributed by atoms with Gasteiger partial charge in [-0.05, 0) is 24.6 Å². The zero-order chi connectivity index (χ0) is 12.8. The van der Waals surface area contributed by atoms with Gasteiger partial charge in [-0.25, -0.2) is 0 Å². The Bertz CT molecular complexity index is 399. The van der Waals surface area contributed by atoms with Crippen LogP contribution in [0.2, 0.25) is 0 Å². The summed E-state index contributed by atoms with van der Waals surface area (Å²) in [5.41, 5.74) is 0.727. The Morgan fingerprint density at radius 2 is 1.94 bits per heavy atom. The monoisotopic (exact) mass is 237 g/mol. The molecule has 5 nitrogen and oxygen atoms in total. The summed E-state index contributed by atoms with van der Waals surface area (Å²) < 4.78 is 4.83. The van der Waals surface area contributed by atoms with E-state index in [0.29, 0.717) is 0 Å². The smallest absolute Gasteiger partial charge is 0.313 e. The van der Waals surface area contributed by atoms with Crippen molar-refractivity contribution < 1.29 is 19.4 Å². The number of nitrogens with one attached hydrogen (secondary N) is 1. The molecule has 0 bridgehead atoms. The molecule has 0 aliphatic carbocycles. The summed E-state index contributed by atoms with van der Waals surface area (Å²) in [5.74, 6) is -1.16. The van der Waals surface area contributed by atoms with Crippen LogP contribution in [0.25, 0.3) is 0 Å². The number of amides is 1. The number of phenolic OH excluding ortho intramolecular Hbond substituents is 1. The average molecular weight is 237 g/mol. The van der Waals surface area contributed by atoms with Gasteiger partial charge in [0, 0.05) is 7.05 Å². The number of likely N-dealkylation sites (N-methyl/N-ethyl adjacent to an activating group) is 1. The van der Waals surface area contributed by atoms with Crippen LogP contribution in [-0.2, 0) is 14.3 Å². The summed E-state index contributed by atoms with van der Waals surface area (Å²) in [7, 11) is 1.47. The van der Waals surface area contributed by atoms with Gasteiger partial charge in [-0.15, -0.1) is 0 Å². The number of hydrogen-bond acceptors (Lipinski definition) is 4. The van der Waals surface area contributed by atoms with Gasteiger partial charge in [0.25, 0.3) is 5.91 Å². The fraction of sp³-hybridized carbons (Fsp3) is 0.333. The summed E-state index contributed by atoms with van der Waals surface area (Å²) in [6.07, 6.45) is 0. The summed E-state index contributed by atoms with van der Waals surface area (Å²) in [5, 5.41) is 11.5. The first-order valence-corrected chi connectivity index (χ1v) is 5.20. The Morgan fingerprint density at radius 1 is 1.35 bits per heavy atom. The molecule has 0 unspecified atom stereocenters. The predicted octanol–water partition coefficient (Wildman–Crippen LogP) is 0.785. The molecular weight excluding hydrogens is 222 g/mol. The molecule has 0 aromatic heterocycles. The highest BCUT2D eigenvalue weighted by Gasteiger charge is 2.17. The van der Waals surface area contributed by atoms with Crippen molar-refractivity contribution in [2.45, 2.75) is 12.8 Å². The van der Waals surface area contributed by atoms with Gasteiger partial charge in [0.15, 0.2) is 6.61 Å². The molecule has 2 N–H and O–H groups in total. The lowest BCUT2D eigenvalue weighted by Gasteiger charge is -2.11. The van der Waals surface area contributed by atoms with E-state index in [-0.39, 0.29) is 18.3 Å². The first kappa shape index (κ1) is 13.0. The maximum atomic E-state index is 11.6. The van der Waals surface area contributed by atoms with Gasteiger partial charge in [0.05, 0.1) is 5.92 Å². The van der Waals surface area contributed by atoms with E-state index in [1.54, 1.807) is 19.1 Å². The second kappa shape index (κ2) is 5.89. The molecule has 0 aliphatic heterocycles. The van der Waals surface area contributed by atoms with Gasteiger partial charge in [-0.1, -0.05) is 12.1 Å². The van der Waals surface area contributed by atoms with E-state index < -0.39 is 11.9 Å². The minimum absolute atomic E-state index is 0.139. The third-order valence-electron chi connectivity index (χ3n) is 2.37. The zero-order valence-corrected chi connectivity index (χ0v) is 9.77. The van der Waals surface area contributed by atoms with Crippen molar-refractivity contribution >= 4 is 11.9 Å². The number of esters is 1. The number of carbonyl (C=O) groups excluding carboxylic acids is 2. The molecule has 0 fully saturated rings. The average Bonchev–Trinajstić information content (AvgIpc) is 2.35. The van der Waals surface area contributed by atoms with Crippen molar-refractivity contribution in [1.29, 1.82) is 0 Å². The fourth-order valence-electron chi connectivity index (χ4n) is 1.23. The van der Waals surface area contributed by atoms with Crippen molar-refractivity contribution in [3.63, 3.8) is 0 Å². The standard InChI is InChI=1S/C12H15NO4/c1-8(9-3-5-10(14)6-4-9)12(16)17-7-11(15)13-2/h3-6,8,14H,7H2,1-2H3,(H,13,15)/t8-/m0/s1. The lowest BCUT2D eigenvalue weighted by atomic mass is 10.0. The molecule has 17 heavy (non-hydrogen) atoms. The molecule has 1 amide bonds. The van der Waals surface area contributed by atoms with Crippen LogP contribution in [0.15, 0.2) is 24.3 Å². The van der Waals surface area contributed by atoms with Crippen LogP contribution in [0.5, 0.6) is 5.75 Å². The molecule has 1 aromatic carbocycles. The van der Waals surface area contributed by atoms with Crippen molar-refractivity contribution in [2.24, 2.45) is 0 Å². The van der Waals surface area contributed by atoms with Crippen molar-refractivity contribution in [2.75, 3.05) is 13.7 Å². The Hall–Kier alpha value is -2.04. The summed E-state index contributed by atoms with van der Waals surface area (Å²) in [6.45, 7) is 1.40. The normalized spacial score (nSPS) is 11.6. The zero-order valence-electron chi connectivity index (χ0n) is 9.77. The number of benzene rings is 1. The molecule has 1 atom stereocenters. The largest absolute Gasteiger partial charge is 0.508 e. The number of rotatable bonds is 4. The maximum absolute atomic E-state index is 11.6. The first-order valence-electron chi connectivity index (χ1n) is 5.20. The number of hydrogen-bond donors (Lipinski definition) is 2. The predicted molar refractivity (Wildman–Crippen MR) is 61.5 cm³/mol. The van der Waals surface area contributed by atoms with Crippen LogP contribution in [0.1, 0.15) is 18.4 Å². The third-order valence-corrected chi connectivity index (χ3v) is 2.37. The molecule has 1 aromatic rings. The second-order valence-corrected chi connectivity index (χ2v) is 3.59. The summed E-state index contributed by atoms with van der Waals surface area (Å²) in [4.78, 5) is 22.5. The number of aromatic hydroxyl groups is 1. The van der Waals surface area contributed by atoms with Crippen LogP contribution in [0.3, 0.4) is 0 Å². The van der Waals surface area contributed by atoms with E-state index in [0.717, 1.165) is 5.56 Å². The van der Waals surface area contributed by atoms with Crippen LogP contribution in [-0.4, -0.2) is 30.6 Å². The Balaban J connectivity index is 2.57. The second-order valence-electron chi connectivity index (χ2n) is 3.59.